The van der Waals surface area contributed by atoms with Crippen LogP contribution in [0.2, 0.25) is 0 Å². The fourth-order valence-corrected chi connectivity index (χ4v) is 4.33. The van der Waals surface area contributed by atoms with Crippen LogP contribution in [0.5, 0.6) is 0 Å². The summed E-state index contributed by atoms with van der Waals surface area (Å²) < 4.78 is 2.10. The number of hydrogen-bond acceptors (Lipinski definition) is 4. The Morgan fingerprint density at radius 1 is 1.22 bits per heavy atom. The van der Waals surface area contributed by atoms with Gasteiger partial charge < -0.3 is 19.5 Å². The minimum Gasteiger partial charge on any atom is -0.360 e. The first kappa shape index (κ1) is 17.9. The van der Waals surface area contributed by atoms with Gasteiger partial charge in [-0.15, -0.1) is 11.3 Å². The van der Waals surface area contributed by atoms with Gasteiger partial charge in [-0.05, 0) is 36.1 Å². The predicted molar refractivity (Wildman–Crippen MR) is 113 cm³/mol. The van der Waals surface area contributed by atoms with Gasteiger partial charge in [-0.25, -0.2) is 4.98 Å². The van der Waals surface area contributed by atoms with Gasteiger partial charge in [0.05, 0.1) is 10.7 Å². The van der Waals surface area contributed by atoms with Crippen molar-refractivity contribution < 1.29 is 0 Å². The third-order valence-electron chi connectivity index (χ3n) is 5.00. The highest BCUT2D eigenvalue weighted by Gasteiger charge is 2.20. The molecule has 142 valence electrons. The average Bonchev–Trinajstić information content (AvgIpc) is 3.36. The molecule has 0 radical (unpaired) electrons. The number of aromatic nitrogens is 2. The van der Waals surface area contributed by atoms with E-state index in [0.29, 0.717) is 0 Å². The highest BCUT2D eigenvalue weighted by atomic mass is 32.1. The Morgan fingerprint density at radius 3 is 2.78 bits per heavy atom. The molecule has 0 spiro atoms. The molecule has 27 heavy (non-hydrogen) atoms. The van der Waals surface area contributed by atoms with Gasteiger partial charge in [0.2, 0.25) is 0 Å². The Kier molecular flexibility index (Phi) is 5.29. The lowest BCUT2D eigenvalue weighted by atomic mass is 10.3. The van der Waals surface area contributed by atoms with Crippen molar-refractivity contribution in [1.82, 2.24) is 19.6 Å². The number of imidazole rings is 1. The summed E-state index contributed by atoms with van der Waals surface area (Å²) in [5.41, 5.74) is 3.35. The van der Waals surface area contributed by atoms with E-state index in [4.69, 9.17) is 4.98 Å². The predicted octanol–water partition coefficient (Wildman–Crippen LogP) is 2.64. The topological polar surface area (TPSA) is 48.2 Å². The first-order chi connectivity index (χ1) is 13.2. The number of aliphatic imine (C=N–C) groups is 1. The summed E-state index contributed by atoms with van der Waals surface area (Å²) in [6.45, 7) is 6.99. The standard InChI is InChI=1S/C20H26N6S/c1-16-5-3-9-26-15-17(23-19(16)26)7-8-22-20(21-2)25-12-10-24(11-13-25)18-6-4-14-27-18/h3-6,9,14-15H,7-8,10-13H2,1-2H3,(H,21,22). The molecule has 1 fully saturated rings. The van der Waals surface area contributed by atoms with Gasteiger partial charge in [0.15, 0.2) is 5.96 Å². The molecule has 0 atom stereocenters. The minimum atomic E-state index is 0.834. The van der Waals surface area contributed by atoms with Gasteiger partial charge in [0.25, 0.3) is 0 Å². The normalized spacial score (nSPS) is 15.6. The third-order valence-corrected chi connectivity index (χ3v) is 5.93. The van der Waals surface area contributed by atoms with Crippen LogP contribution in [0.4, 0.5) is 5.00 Å². The van der Waals surface area contributed by atoms with Crippen LogP contribution in [0.1, 0.15) is 11.3 Å². The van der Waals surface area contributed by atoms with Crippen molar-refractivity contribution in [3.63, 3.8) is 0 Å². The van der Waals surface area contributed by atoms with Crippen molar-refractivity contribution in [2.75, 3.05) is 44.7 Å². The Balaban J connectivity index is 1.30. The van der Waals surface area contributed by atoms with Crippen LogP contribution in [0.25, 0.3) is 5.65 Å². The molecule has 4 rings (SSSR count). The molecule has 1 aliphatic rings. The van der Waals surface area contributed by atoms with E-state index in [1.807, 2.05) is 18.4 Å². The molecule has 4 heterocycles. The molecule has 7 heteroatoms. The molecule has 1 saturated heterocycles. The van der Waals surface area contributed by atoms with Crippen LogP contribution in [0.3, 0.4) is 0 Å². The summed E-state index contributed by atoms with van der Waals surface area (Å²) in [7, 11) is 1.86. The number of anilines is 1. The Bertz CT molecular complexity index is 906. The van der Waals surface area contributed by atoms with Crippen LogP contribution in [-0.4, -0.2) is 60.0 Å². The third kappa shape index (κ3) is 3.93. The highest BCUT2D eigenvalue weighted by Crippen LogP contribution is 2.22. The van der Waals surface area contributed by atoms with E-state index in [0.717, 1.165) is 56.4 Å². The number of guanidine groups is 1. The number of nitrogens with one attached hydrogen (secondary N) is 1. The fraction of sp³-hybridized carbons (Fsp3) is 0.400. The van der Waals surface area contributed by atoms with E-state index in [9.17, 15) is 0 Å². The second-order valence-electron chi connectivity index (χ2n) is 6.80. The van der Waals surface area contributed by atoms with Gasteiger partial charge in [-0.1, -0.05) is 6.07 Å². The number of rotatable bonds is 4. The zero-order valence-electron chi connectivity index (χ0n) is 15.9. The van der Waals surface area contributed by atoms with Crippen LogP contribution in [0, 0.1) is 6.92 Å². The number of nitrogens with zero attached hydrogens (tertiary/aromatic N) is 5. The lowest BCUT2D eigenvalue weighted by Gasteiger charge is -2.37. The molecular formula is C20H26N6S. The van der Waals surface area contributed by atoms with E-state index in [2.05, 4.69) is 73.5 Å². The largest absolute Gasteiger partial charge is 0.360 e. The molecule has 1 N–H and O–H groups in total. The Hall–Kier alpha value is -2.54. The van der Waals surface area contributed by atoms with Crippen LogP contribution in [-0.2, 0) is 6.42 Å². The van der Waals surface area contributed by atoms with E-state index < -0.39 is 0 Å². The number of thiophene rings is 1. The maximum Gasteiger partial charge on any atom is 0.193 e. The molecule has 0 aliphatic carbocycles. The zero-order valence-corrected chi connectivity index (χ0v) is 16.7. The van der Waals surface area contributed by atoms with Crippen LogP contribution in [0.15, 0.2) is 47.0 Å². The van der Waals surface area contributed by atoms with Crippen molar-refractivity contribution in [3.8, 4) is 0 Å². The molecule has 1 aliphatic heterocycles. The molecule has 0 aromatic carbocycles. The second kappa shape index (κ2) is 8.00. The molecule has 3 aromatic heterocycles. The summed E-state index contributed by atoms with van der Waals surface area (Å²) in [6, 6.07) is 8.48. The number of pyridine rings is 1. The summed E-state index contributed by atoms with van der Waals surface area (Å²) in [6.07, 6.45) is 5.06. The van der Waals surface area contributed by atoms with Crippen LogP contribution < -0.4 is 10.2 Å². The lowest BCUT2D eigenvalue weighted by Crippen LogP contribution is -2.52. The summed E-state index contributed by atoms with van der Waals surface area (Å²) >= 11 is 1.81. The SMILES string of the molecule is CN=C(NCCc1cn2cccc(C)c2n1)N1CCN(c2cccs2)CC1. The summed E-state index contributed by atoms with van der Waals surface area (Å²) in [4.78, 5) is 14.0. The average molecular weight is 383 g/mol. The molecular weight excluding hydrogens is 356 g/mol. The monoisotopic (exact) mass is 382 g/mol. The number of hydrogen-bond donors (Lipinski definition) is 1. The summed E-state index contributed by atoms with van der Waals surface area (Å²) in [5, 5.41) is 7.01. The number of piperazine rings is 1. The van der Waals surface area contributed by atoms with Crippen molar-refractivity contribution in [1.29, 1.82) is 0 Å². The first-order valence-corrected chi connectivity index (χ1v) is 10.3. The smallest absolute Gasteiger partial charge is 0.193 e. The van der Waals surface area contributed by atoms with E-state index >= 15 is 0 Å². The molecule has 0 bridgehead atoms. The molecule has 0 amide bonds. The van der Waals surface area contributed by atoms with Gasteiger partial charge in [0, 0.05) is 58.6 Å². The second-order valence-corrected chi connectivity index (χ2v) is 7.73. The number of fused-ring (bicyclic) bond motifs is 1. The number of aryl methyl sites for hydroxylation is 1. The van der Waals surface area contributed by atoms with Gasteiger partial charge in [-0.2, -0.15) is 0 Å². The molecule has 0 saturated carbocycles. The minimum absolute atomic E-state index is 0.834. The first-order valence-electron chi connectivity index (χ1n) is 9.42. The maximum absolute atomic E-state index is 4.75. The quantitative estimate of drug-likeness (QED) is 0.557. The summed E-state index contributed by atoms with van der Waals surface area (Å²) in [5.74, 6) is 0.987. The van der Waals surface area contributed by atoms with E-state index in [-0.39, 0.29) is 0 Å². The van der Waals surface area contributed by atoms with E-state index in [1.54, 1.807) is 0 Å². The van der Waals surface area contributed by atoms with Crippen molar-refractivity contribution in [2.24, 2.45) is 4.99 Å². The maximum atomic E-state index is 4.75. The fourth-order valence-electron chi connectivity index (χ4n) is 3.55. The highest BCUT2D eigenvalue weighted by molar-refractivity contribution is 7.14. The van der Waals surface area contributed by atoms with Gasteiger partial charge in [-0.3, -0.25) is 4.99 Å². The molecule has 0 unspecified atom stereocenters. The van der Waals surface area contributed by atoms with Gasteiger partial charge >= 0.3 is 0 Å². The van der Waals surface area contributed by atoms with Gasteiger partial charge in [0.1, 0.15) is 5.65 Å². The zero-order chi connectivity index (χ0) is 18.6. The van der Waals surface area contributed by atoms with Crippen molar-refractivity contribution >= 4 is 27.9 Å². The van der Waals surface area contributed by atoms with Crippen molar-refractivity contribution in [2.45, 2.75) is 13.3 Å². The van der Waals surface area contributed by atoms with Crippen molar-refractivity contribution in [3.05, 3.63) is 53.3 Å². The molecule has 6 nitrogen and oxygen atoms in total. The van der Waals surface area contributed by atoms with Crippen LogP contribution >= 0.6 is 11.3 Å². The Morgan fingerprint density at radius 2 is 2.07 bits per heavy atom. The lowest BCUT2D eigenvalue weighted by molar-refractivity contribution is 0.373. The Labute approximate surface area is 164 Å². The van der Waals surface area contributed by atoms with E-state index in [1.165, 1.54) is 10.6 Å². The molecule has 3 aromatic rings.